The number of amides is 2. The smallest absolute Gasteiger partial charge is 0.339 e. The molecule has 1 aliphatic rings. The molecule has 2 heterocycles. The molecule has 8 nitrogen and oxygen atoms in total. The number of carbonyl (C=O) groups excluding carboxylic acids is 4. The van der Waals surface area contributed by atoms with Crippen LogP contribution in [0, 0.1) is 0 Å². The second-order valence-electron chi connectivity index (χ2n) is 8.31. The Morgan fingerprint density at radius 3 is 2.47 bits per heavy atom. The predicted molar refractivity (Wildman–Crippen MR) is 127 cm³/mol. The van der Waals surface area contributed by atoms with E-state index in [2.05, 4.69) is 4.98 Å². The predicted octanol–water partition coefficient (Wildman–Crippen LogP) is 3.29. The number of nitrogens with one attached hydrogen (secondary N) is 1. The number of aromatic nitrogens is 1. The highest BCUT2D eigenvalue weighted by atomic mass is 16.5. The van der Waals surface area contributed by atoms with Gasteiger partial charge in [0.2, 0.25) is 0 Å². The van der Waals surface area contributed by atoms with Crippen molar-refractivity contribution in [1.29, 1.82) is 0 Å². The Balaban J connectivity index is 1.54. The Kier molecular flexibility index (Phi) is 6.77. The summed E-state index contributed by atoms with van der Waals surface area (Å²) in [6, 6.07) is 13.8. The van der Waals surface area contributed by atoms with E-state index >= 15 is 0 Å². The molecule has 1 atom stereocenters. The summed E-state index contributed by atoms with van der Waals surface area (Å²) in [7, 11) is 1.29. The van der Waals surface area contributed by atoms with Crippen LogP contribution in [0.5, 0.6) is 0 Å². The lowest BCUT2D eigenvalue weighted by Gasteiger charge is -2.41. The molecule has 176 valence electrons. The van der Waals surface area contributed by atoms with Crippen molar-refractivity contribution in [2.75, 3.05) is 26.7 Å². The van der Waals surface area contributed by atoms with E-state index in [0.29, 0.717) is 35.1 Å². The highest BCUT2D eigenvalue weighted by Gasteiger charge is 2.35. The van der Waals surface area contributed by atoms with Crippen molar-refractivity contribution in [1.82, 2.24) is 14.8 Å². The Morgan fingerprint density at radius 1 is 1.00 bits per heavy atom. The molecule has 1 N–H and O–H groups in total. The third kappa shape index (κ3) is 4.31. The molecular formula is C26H27N3O5. The summed E-state index contributed by atoms with van der Waals surface area (Å²) >= 11 is 0. The number of piperazine rings is 1. The molecule has 0 bridgehead atoms. The van der Waals surface area contributed by atoms with E-state index < -0.39 is 17.7 Å². The minimum Gasteiger partial charge on any atom is -0.465 e. The fourth-order valence-corrected chi connectivity index (χ4v) is 4.52. The van der Waals surface area contributed by atoms with Crippen LogP contribution in [0.15, 0.2) is 54.7 Å². The molecule has 0 aliphatic carbocycles. The standard InChI is InChI=1S/C26H27N3O5/c1-3-8-18-16-28(13-14-29(18)24(31)17-9-5-4-6-10-17)25(32)23(30)21-15-27-22-19(21)11-7-12-20(22)26(33)34-2/h4-7,9-12,15,18,27H,3,8,13-14,16H2,1-2H3. The third-order valence-electron chi connectivity index (χ3n) is 6.23. The normalized spacial score (nSPS) is 15.9. The fourth-order valence-electron chi connectivity index (χ4n) is 4.52. The van der Waals surface area contributed by atoms with Crippen molar-refractivity contribution in [2.45, 2.75) is 25.8 Å². The van der Waals surface area contributed by atoms with Gasteiger partial charge in [-0.05, 0) is 24.6 Å². The number of methoxy groups -OCH3 is 1. The molecule has 2 aromatic carbocycles. The Labute approximate surface area is 197 Å². The van der Waals surface area contributed by atoms with Gasteiger partial charge in [-0.15, -0.1) is 0 Å². The molecule has 1 unspecified atom stereocenters. The van der Waals surface area contributed by atoms with Gasteiger partial charge >= 0.3 is 5.97 Å². The Hall–Kier alpha value is -3.94. The van der Waals surface area contributed by atoms with Gasteiger partial charge in [0.1, 0.15) is 0 Å². The lowest BCUT2D eigenvalue weighted by Crippen LogP contribution is -2.57. The molecule has 1 saturated heterocycles. The molecule has 3 aromatic rings. The molecule has 4 rings (SSSR count). The number of para-hydroxylation sites is 1. The number of benzene rings is 2. The quantitative estimate of drug-likeness (QED) is 0.345. The van der Waals surface area contributed by atoms with Crippen molar-refractivity contribution in [3.05, 3.63) is 71.4 Å². The molecule has 0 radical (unpaired) electrons. The molecule has 1 fully saturated rings. The minimum absolute atomic E-state index is 0.0653. The zero-order valence-corrected chi connectivity index (χ0v) is 19.2. The van der Waals surface area contributed by atoms with Crippen molar-refractivity contribution in [2.24, 2.45) is 0 Å². The van der Waals surface area contributed by atoms with Crippen molar-refractivity contribution in [3.63, 3.8) is 0 Å². The lowest BCUT2D eigenvalue weighted by atomic mass is 10.0. The van der Waals surface area contributed by atoms with Gasteiger partial charge < -0.3 is 19.5 Å². The monoisotopic (exact) mass is 461 g/mol. The van der Waals surface area contributed by atoms with Gasteiger partial charge in [-0.3, -0.25) is 14.4 Å². The second kappa shape index (κ2) is 9.91. The fraction of sp³-hybridized carbons (Fsp3) is 0.308. The van der Waals surface area contributed by atoms with Gasteiger partial charge in [0.25, 0.3) is 17.6 Å². The van der Waals surface area contributed by atoms with Crippen LogP contribution < -0.4 is 0 Å². The van der Waals surface area contributed by atoms with Gasteiger partial charge in [0, 0.05) is 42.8 Å². The first-order chi connectivity index (χ1) is 16.5. The number of H-pyrrole nitrogens is 1. The first-order valence-electron chi connectivity index (χ1n) is 11.3. The maximum atomic E-state index is 13.2. The van der Waals surface area contributed by atoms with Crippen LogP contribution in [-0.2, 0) is 9.53 Å². The van der Waals surface area contributed by atoms with Crippen LogP contribution in [-0.4, -0.2) is 71.1 Å². The van der Waals surface area contributed by atoms with E-state index in [1.807, 2.05) is 25.1 Å². The molecule has 34 heavy (non-hydrogen) atoms. The summed E-state index contributed by atoms with van der Waals surface area (Å²) in [5.74, 6) is -1.85. The Morgan fingerprint density at radius 2 is 1.76 bits per heavy atom. The largest absolute Gasteiger partial charge is 0.465 e. The van der Waals surface area contributed by atoms with E-state index in [9.17, 15) is 19.2 Å². The maximum Gasteiger partial charge on any atom is 0.339 e. The summed E-state index contributed by atoms with van der Waals surface area (Å²) in [5.41, 5.74) is 1.57. The highest BCUT2D eigenvalue weighted by Crippen LogP contribution is 2.24. The number of carbonyl (C=O) groups is 4. The van der Waals surface area contributed by atoms with Crippen molar-refractivity contribution >= 4 is 34.5 Å². The molecule has 1 aliphatic heterocycles. The number of ketones is 1. The molecule has 8 heteroatoms. The number of hydrogen-bond acceptors (Lipinski definition) is 5. The zero-order valence-electron chi connectivity index (χ0n) is 19.2. The van der Waals surface area contributed by atoms with Crippen LogP contribution in [0.1, 0.15) is 50.8 Å². The minimum atomic E-state index is -0.647. The average molecular weight is 462 g/mol. The number of Topliss-reactive ketones (excluding diaryl/α,β-unsaturated/α-hetero) is 1. The van der Waals surface area contributed by atoms with E-state index in [0.717, 1.165) is 12.8 Å². The van der Waals surface area contributed by atoms with Gasteiger partial charge in [-0.1, -0.05) is 43.7 Å². The summed E-state index contributed by atoms with van der Waals surface area (Å²) in [5, 5.41) is 0.490. The first-order valence-corrected chi connectivity index (χ1v) is 11.3. The van der Waals surface area contributed by atoms with Crippen molar-refractivity contribution < 1.29 is 23.9 Å². The van der Waals surface area contributed by atoms with E-state index in [1.165, 1.54) is 18.2 Å². The summed E-state index contributed by atoms with van der Waals surface area (Å²) in [6.45, 7) is 2.96. The maximum absolute atomic E-state index is 13.2. The third-order valence-corrected chi connectivity index (χ3v) is 6.23. The zero-order chi connectivity index (χ0) is 24.2. The number of hydrogen-bond donors (Lipinski definition) is 1. The Bertz CT molecular complexity index is 1230. The lowest BCUT2D eigenvalue weighted by molar-refractivity contribution is -0.129. The van der Waals surface area contributed by atoms with Crippen LogP contribution in [0.2, 0.25) is 0 Å². The van der Waals surface area contributed by atoms with Gasteiger partial charge in [-0.2, -0.15) is 0 Å². The number of ether oxygens (including phenoxy) is 1. The highest BCUT2D eigenvalue weighted by molar-refractivity contribution is 6.45. The number of rotatable bonds is 6. The number of aromatic amines is 1. The van der Waals surface area contributed by atoms with Gasteiger partial charge in [0.05, 0.1) is 23.8 Å². The molecular weight excluding hydrogens is 434 g/mol. The van der Waals surface area contributed by atoms with E-state index in [4.69, 9.17) is 4.74 Å². The molecule has 2 amide bonds. The SMILES string of the molecule is CCCC1CN(C(=O)C(=O)c2c[nH]c3c(C(=O)OC)cccc23)CCN1C(=O)c1ccccc1. The molecule has 0 saturated carbocycles. The first kappa shape index (κ1) is 23.2. The topological polar surface area (TPSA) is 99.8 Å². The number of fused-ring (bicyclic) bond motifs is 1. The second-order valence-corrected chi connectivity index (χ2v) is 8.31. The van der Waals surface area contributed by atoms with Gasteiger partial charge in [0.15, 0.2) is 0 Å². The van der Waals surface area contributed by atoms with Crippen LogP contribution in [0.4, 0.5) is 0 Å². The summed E-state index contributed by atoms with van der Waals surface area (Å²) in [6.07, 6.45) is 3.03. The summed E-state index contributed by atoms with van der Waals surface area (Å²) in [4.78, 5) is 57.7. The van der Waals surface area contributed by atoms with Crippen LogP contribution in [0.3, 0.4) is 0 Å². The number of esters is 1. The van der Waals surface area contributed by atoms with Crippen LogP contribution >= 0.6 is 0 Å². The molecule has 0 spiro atoms. The van der Waals surface area contributed by atoms with Crippen LogP contribution in [0.25, 0.3) is 10.9 Å². The van der Waals surface area contributed by atoms with E-state index in [1.54, 1.807) is 35.2 Å². The van der Waals surface area contributed by atoms with Gasteiger partial charge in [-0.25, -0.2) is 4.79 Å². The molecule has 1 aromatic heterocycles. The number of nitrogens with zero attached hydrogens (tertiary/aromatic N) is 2. The van der Waals surface area contributed by atoms with Crippen molar-refractivity contribution in [3.8, 4) is 0 Å². The van der Waals surface area contributed by atoms with E-state index in [-0.39, 0.29) is 24.1 Å². The average Bonchev–Trinajstić information content (AvgIpc) is 3.32. The summed E-state index contributed by atoms with van der Waals surface area (Å²) < 4.78 is 4.80.